The highest BCUT2D eigenvalue weighted by Crippen LogP contribution is 2.24. The summed E-state index contributed by atoms with van der Waals surface area (Å²) in [7, 11) is 0. The van der Waals surface area contributed by atoms with E-state index in [1.165, 1.54) is 16.8 Å². The molecular formula is C21H18N4O5. The third kappa shape index (κ3) is 3.30. The zero-order valence-corrected chi connectivity index (χ0v) is 16.5. The van der Waals surface area contributed by atoms with Crippen molar-refractivity contribution in [2.24, 2.45) is 0 Å². The van der Waals surface area contributed by atoms with Gasteiger partial charge in [-0.05, 0) is 57.2 Å². The molecule has 0 aliphatic carbocycles. The summed E-state index contributed by atoms with van der Waals surface area (Å²) in [5.74, 6) is -1.64. The number of ether oxygens (including phenoxy) is 1. The molecular weight excluding hydrogens is 388 g/mol. The fourth-order valence-corrected chi connectivity index (χ4v) is 3.08. The molecule has 0 unspecified atom stereocenters. The van der Waals surface area contributed by atoms with E-state index in [9.17, 15) is 14.4 Å². The Bertz CT molecular complexity index is 1120. The minimum Gasteiger partial charge on any atom is -0.491 e. The summed E-state index contributed by atoms with van der Waals surface area (Å²) < 4.78 is 7.07. The second kappa shape index (κ2) is 7.43. The molecule has 9 nitrogen and oxygen atoms in total. The maximum absolute atomic E-state index is 12.6. The van der Waals surface area contributed by atoms with E-state index < -0.39 is 17.8 Å². The molecule has 0 saturated carbocycles. The van der Waals surface area contributed by atoms with Gasteiger partial charge < -0.3 is 9.57 Å². The monoisotopic (exact) mass is 406 g/mol. The Labute approximate surface area is 171 Å². The molecule has 3 aromatic rings. The van der Waals surface area contributed by atoms with Crippen LogP contribution in [0, 0.1) is 6.92 Å². The van der Waals surface area contributed by atoms with Gasteiger partial charge in [-0.15, -0.1) is 5.10 Å². The first-order valence-corrected chi connectivity index (χ1v) is 9.26. The van der Waals surface area contributed by atoms with Crippen LogP contribution in [0.2, 0.25) is 0 Å². The summed E-state index contributed by atoms with van der Waals surface area (Å²) >= 11 is 0. The molecule has 0 fully saturated rings. The molecule has 2 aromatic carbocycles. The lowest BCUT2D eigenvalue weighted by molar-refractivity contribution is -0.0589. The van der Waals surface area contributed by atoms with Crippen LogP contribution >= 0.6 is 0 Å². The maximum Gasteiger partial charge on any atom is 0.385 e. The van der Waals surface area contributed by atoms with Crippen molar-refractivity contribution in [1.29, 1.82) is 0 Å². The van der Waals surface area contributed by atoms with Crippen LogP contribution in [0.15, 0.2) is 48.5 Å². The third-order valence-electron chi connectivity index (χ3n) is 4.47. The van der Waals surface area contributed by atoms with Crippen LogP contribution in [0.3, 0.4) is 0 Å². The number of imide groups is 1. The molecule has 1 aliphatic rings. The molecule has 0 atom stereocenters. The molecule has 4 rings (SSSR count). The largest absolute Gasteiger partial charge is 0.491 e. The number of fused-ring (bicyclic) bond motifs is 1. The lowest BCUT2D eigenvalue weighted by atomic mass is 10.1. The molecule has 0 radical (unpaired) electrons. The average Bonchev–Trinajstić information content (AvgIpc) is 3.22. The number of aromatic nitrogens is 3. The fraction of sp³-hybridized carbons (Fsp3) is 0.190. The first-order chi connectivity index (χ1) is 14.4. The third-order valence-corrected chi connectivity index (χ3v) is 4.47. The highest BCUT2D eigenvalue weighted by Gasteiger charge is 2.39. The van der Waals surface area contributed by atoms with Crippen LogP contribution in [0.25, 0.3) is 5.69 Å². The topological polar surface area (TPSA) is 104 Å². The highest BCUT2D eigenvalue weighted by molar-refractivity contribution is 6.21. The summed E-state index contributed by atoms with van der Waals surface area (Å²) in [6.45, 7) is 5.50. The van der Waals surface area contributed by atoms with Crippen molar-refractivity contribution < 1.29 is 24.0 Å². The van der Waals surface area contributed by atoms with E-state index in [1.54, 1.807) is 43.3 Å². The summed E-state index contributed by atoms with van der Waals surface area (Å²) in [5, 5.41) is 8.30. The Hall–Kier alpha value is -4.01. The Balaban J connectivity index is 1.53. The predicted octanol–water partition coefficient (Wildman–Crippen LogP) is 2.73. The molecule has 1 aliphatic heterocycles. The van der Waals surface area contributed by atoms with Gasteiger partial charge in [-0.3, -0.25) is 9.59 Å². The van der Waals surface area contributed by atoms with Crippen molar-refractivity contribution in [3.05, 3.63) is 71.0 Å². The van der Waals surface area contributed by atoms with Crippen LogP contribution < -0.4 is 4.74 Å². The Morgan fingerprint density at radius 3 is 2.13 bits per heavy atom. The zero-order valence-electron chi connectivity index (χ0n) is 16.5. The van der Waals surface area contributed by atoms with E-state index in [4.69, 9.17) is 9.57 Å². The van der Waals surface area contributed by atoms with Crippen molar-refractivity contribution >= 4 is 17.8 Å². The van der Waals surface area contributed by atoms with E-state index in [1.807, 2.05) is 13.8 Å². The van der Waals surface area contributed by atoms with Gasteiger partial charge in [-0.25, -0.2) is 9.48 Å². The standard InChI is InChI=1S/C21H18N4O5/c1-12(2)29-15-10-8-14(9-11-15)24-13(3)18(22-23-24)21(28)30-25-19(26)16-6-4-5-7-17(16)20(25)27/h4-12H,1-3H3. The maximum atomic E-state index is 12.6. The number of carbonyl (C=O) groups excluding carboxylic acids is 3. The summed E-state index contributed by atoms with van der Waals surface area (Å²) in [5.41, 5.74) is 1.32. The smallest absolute Gasteiger partial charge is 0.385 e. The van der Waals surface area contributed by atoms with Crippen LogP contribution in [-0.4, -0.2) is 43.9 Å². The second-order valence-electron chi connectivity index (χ2n) is 6.92. The number of rotatable bonds is 5. The Kier molecular flexibility index (Phi) is 4.78. The number of benzene rings is 2. The van der Waals surface area contributed by atoms with Gasteiger partial charge in [0.05, 0.1) is 28.6 Å². The van der Waals surface area contributed by atoms with E-state index >= 15 is 0 Å². The Morgan fingerprint density at radius 1 is 0.967 bits per heavy atom. The molecule has 30 heavy (non-hydrogen) atoms. The minimum absolute atomic E-state index is 0.0486. The molecule has 1 aromatic heterocycles. The zero-order chi connectivity index (χ0) is 21.4. The first kappa shape index (κ1) is 19.3. The van der Waals surface area contributed by atoms with Crippen LogP contribution in [0.1, 0.15) is 50.7 Å². The summed E-state index contributed by atoms with van der Waals surface area (Å²) in [6.07, 6.45) is 0.0486. The first-order valence-electron chi connectivity index (χ1n) is 9.26. The second-order valence-corrected chi connectivity index (χ2v) is 6.92. The molecule has 0 bridgehead atoms. The number of hydrogen-bond acceptors (Lipinski definition) is 7. The van der Waals surface area contributed by atoms with Gasteiger partial charge >= 0.3 is 5.97 Å². The van der Waals surface area contributed by atoms with Gasteiger partial charge in [-0.1, -0.05) is 22.4 Å². The average molecular weight is 406 g/mol. The fourth-order valence-electron chi connectivity index (χ4n) is 3.08. The SMILES string of the molecule is Cc1c(C(=O)ON2C(=O)c3ccccc3C2=O)nnn1-c1ccc(OC(C)C)cc1. The van der Waals surface area contributed by atoms with Crippen molar-refractivity contribution in [2.75, 3.05) is 0 Å². The molecule has 152 valence electrons. The van der Waals surface area contributed by atoms with E-state index in [0.29, 0.717) is 22.2 Å². The van der Waals surface area contributed by atoms with Crippen LogP contribution in [0.5, 0.6) is 5.75 Å². The van der Waals surface area contributed by atoms with Gasteiger partial charge in [0, 0.05) is 0 Å². The lowest BCUT2D eigenvalue weighted by Gasteiger charge is -2.12. The van der Waals surface area contributed by atoms with Gasteiger partial charge in [-0.2, -0.15) is 0 Å². The van der Waals surface area contributed by atoms with Gasteiger partial charge in [0.2, 0.25) is 0 Å². The summed E-state index contributed by atoms with van der Waals surface area (Å²) in [6, 6.07) is 13.4. The highest BCUT2D eigenvalue weighted by atomic mass is 16.7. The predicted molar refractivity (Wildman–Crippen MR) is 104 cm³/mol. The van der Waals surface area contributed by atoms with E-state index in [-0.39, 0.29) is 22.9 Å². The quantitative estimate of drug-likeness (QED) is 0.600. The summed E-state index contributed by atoms with van der Waals surface area (Å²) in [4.78, 5) is 42.4. The number of hydroxylamine groups is 2. The van der Waals surface area contributed by atoms with Gasteiger partial charge in [0.25, 0.3) is 11.8 Å². The van der Waals surface area contributed by atoms with Crippen LogP contribution in [0.4, 0.5) is 0 Å². The number of hydrogen-bond donors (Lipinski definition) is 0. The number of nitrogens with zero attached hydrogens (tertiary/aromatic N) is 4. The van der Waals surface area contributed by atoms with E-state index in [2.05, 4.69) is 10.3 Å². The number of amides is 2. The molecule has 9 heteroatoms. The van der Waals surface area contributed by atoms with Gasteiger partial charge in [0.1, 0.15) is 5.75 Å². The lowest BCUT2D eigenvalue weighted by Crippen LogP contribution is -2.33. The van der Waals surface area contributed by atoms with Gasteiger partial charge in [0.15, 0.2) is 5.69 Å². The van der Waals surface area contributed by atoms with Crippen molar-refractivity contribution in [3.8, 4) is 11.4 Å². The Morgan fingerprint density at radius 2 is 1.57 bits per heavy atom. The number of carbonyl (C=O) groups is 3. The molecule has 2 amide bonds. The molecule has 0 spiro atoms. The van der Waals surface area contributed by atoms with Crippen molar-refractivity contribution in [1.82, 2.24) is 20.1 Å². The van der Waals surface area contributed by atoms with Crippen molar-refractivity contribution in [2.45, 2.75) is 26.9 Å². The molecule has 0 N–H and O–H groups in total. The molecule has 0 saturated heterocycles. The normalized spacial score (nSPS) is 13.0. The minimum atomic E-state index is -0.951. The molecule has 2 heterocycles. The van der Waals surface area contributed by atoms with E-state index in [0.717, 1.165) is 0 Å². The van der Waals surface area contributed by atoms with Crippen molar-refractivity contribution in [3.63, 3.8) is 0 Å². The van der Waals surface area contributed by atoms with Crippen LogP contribution in [-0.2, 0) is 4.84 Å².